The molecule has 0 atom stereocenters. The minimum absolute atomic E-state index is 0.515. The second-order valence-electron chi connectivity index (χ2n) is 3.56. The van der Waals surface area contributed by atoms with Gasteiger partial charge in [0.15, 0.2) is 5.82 Å². The highest BCUT2D eigenvalue weighted by molar-refractivity contribution is 5.71. The fraction of sp³-hybridized carbons (Fsp3) is 0. The van der Waals surface area contributed by atoms with Crippen LogP contribution in [0.2, 0.25) is 0 Å². The molecule has 0 unspecified atom stereocenters. The van der Waals surface area contributed by atoms with E-state index in [2.05, 4.69) is 25.1 Å². The summed E-state index contributed by atoms with van der Waals surface area (Å²) in [6.45, 7) is 0. The number of nitrogen functional groups attached to an aromatic ring is 1. The molecule has 0 amide bonds. The Morgan fingerprint density at radius 1 is 1.12 bits per heavy atom. The maximum absolute atomic E-state index is 5.74. The Balaban J connectivity index is 2.02. The maximum Gasteiger partial charge on any atom is 0.156 e. The first kappa shape index (κ1) is 9.59. The number of imidazole rings is 1. The number of aromatic amines is 2. The van der Waals surface area contributed by atoms with Crippen molar-refractivity contribution in [3.63, 3.8) is 0 Å². The second-order valence-corrected chi connectivity index (χ2v) is 3.56. The van der Waals surface area contributed by atoms with Gasteiger partial charge in [0.05, 0.1) is 23.7 Å². The lowest BCUT2D eigenvalue weighted by molar-refractivity contribution is 1.10. The predicted molar refractivity (Wildman–Crippen MR) is 63.8 cm³/mol. The van der Waals surface area contributed by atoms with E-state index in [0.717, 1.165) is 17.0 Å². The predicted octanol–water partition coefficient (Wildman–Crippen LogP) is 1.44. The molecule has 0 aromatic carbocycles. The summed E-state index contributed by atoms with van der Waals surface area (Å²) in [7, 11) is 0. The van der Waals surface area contributed by atoms with Crippen LogP contribution in [0, 0.1) is 0 Å². The number of nitrogens with one attached hydrogen (secondary N) is 2. The van der Waals surface area contributed by atoms with Gasteiger partial charge in [-0.05, 0) is 12.1 Å². The second kappa shape index (κ2) is 3.75. The highest BCUT2D eigenvalue weighted by Crippen LogP contribution is 2.23. The van der Waals surface area contributed by atoms with Crippen molar-refractivity contribution in [3.05, 3.63) is 36.8 Å². The SMILES string of the molecule is Nc1[nH]ncc1-c1cnc(-c2ccccn2)[nH]1. The lowest BCUT2D eigenvalue weighted by atomic mass is 10.2. The van der Waals surface area contributed by atoms with Crippen molar-refractivity contribution in [2.75, 3.05) is 5.73 Å². The summed E-state index contributed by atoms with van der Waals surface area (Å²) in [6, 6.07) is 5.67. The Bertz CT molecular complexity index is 624. The molecular formula is C11H10N6. The van der Waals surface area contributed by atoms with Gasteiger partial charge in [0.1, 0.15) is 11.5 Å². The number of anilines is 1. The molecule has 4 N–H and O–H groups in total. The van der Waals surface area contributed by atoms with Crippen LogP contribution in [0.15, 0.2) is 36.8 Å². The average Bonchev–Trinajstić information content (AvgIpc) is 2.98. The highest BCUT2D eigenvalue weighted by atomic mass is 15.1. The van der Waals surface area contributed by atoms with Gasteiger partial charge in [0.2, 0.25) is 0 Å². The van der Waals surface area contributed by atoms with Crippen molar-refractivity contribution in [2.45, 2.75) is 0 Å². The first-order valence-corrected chi connectivity index (χ1v) is 5.10. The summed E-state index contributed by atoms with van der Waals surface area (Å²) in [5, 5.41) is 6.55. The van der Waals surface area contributed by atoms with Gasteiger partial charge >= 0.3 is 0 Å². The molecule has 0 fully saturated rings. The highest BCUT2D eigenvalue weighted by Gasteiger charge is 2.09. The summed E-state index contributed by atoms with van der Waals surface area (Å²) in [5.41, 5.74) is 8.15. The Kier molecular flexibility index (Phi) is 2.11. The van der Waals surface area contributed by atoms with Gasteiger partial charge in [-0.2, -0.15) is 5.10 Å². The van der Waals surface area contributed by atoms with Gasteiger partial charge in [-0.1, -0.05) is 6.07 Å². The van der Waals surface area contributed by atoms with Crippen molar-refractivity contribution in [1.29, 1.82) is 0 Å². The first-order chi connectivity index (χ1) is 8.34. The van der Waals surface area contributed by atoms with Crippen LogP contribution in [0.1, 0.15) is 0 Å². The Morgan fingerprint density at radius 3 is 2.76 bits per heavy atom. The molecule has 0 aliphatic heterocycles. The number of aromatic nitrogens is 5. The minimum Gasteiger partial charge on any atom is -0.384 e. The molecule has 6 nitrogen and oxygen atoms in total. The van der Waals surface area contributed by atoms with Gasteiger partial charge in [-0.25, -0.2) is 4.98 Å². The summed E-state index contributed by atoms with van der Waals surface area (Å²) in [5.74, 6) is 1.22. The van der Waals surface area contributed by atoms with E-state index < -0.39 is 0 Å². The van der Waals surface area contributed by atoms with Gasteiger partial charge in [-0.15, -0.1) is 0 Å². The van der Waals surface area contributed by atoms with Crippen LogP contribution in [0.3, 0.4) is 0 Å². The molecule has 0 radical (unpaired) electrons. The molecular weight excluding hydrogens is 216 g/mol. The average molecular weight is 226 g/mol. The van der Waals surface area contributed by atoms with Crippen molar-refractivity contribution >= 4 is 5.82 Å². The Hall–Kier alpha value is -2.63. The fourth-order valence-electron chi connectivity index (χ4n) is 1.60. The summed E-state index contributed by atoms with van der Waals surface area (Å²) in [6.07, 6.45) is 5.10. The third-order valence-electron chi connectivity index (χ3n) is 2.44. The largest absolute Gasteiger partial charge is 0.384 e. The molecule has 0 aliphatic rings. The van der Waals surface area contributed by atoms with Crippen molar-refractivity contribution in [1.82, 2.24) is 25.1 Å². The molecule has 0 saturated heterocycles. The third kappa shape index (κ3) is 1.65. The molecule has 0 spiro atoms. The Labute approximate surface area is 96.9 Å². The number of nitrogens with zero attached hydrogens (tertiary/aromatic N) is 3. The normalized spacial score (nSPS) is 10.6. The Morgan fingerprint density at radius 2 is 2.06 bits per heavy atom. The standard InChI is InChI=1S/C11H10N6/c12-10-7(5-15-17-10)9-6-14-11(16-9)8-3-1-2-4-13-8/h1-6H,(H,14,16)(H3,12,15,17). The summed E-state index contributed by atoms with van der Waals surface area (Å²) in [4.78, 5) is 11.6. The van der Waals surface area contributed by atoms with E-state index in [1.165, 1.54) is 0 Å². The molecule has 3 aromatic rings. The van der Waals surface area contributed by atoms with Gasteiger partial charge in [0, 0.05) is 6.20 Å². The van der Waals surface area contributed by atoms with E-state index in [1.807, 2.05) is 18.2 Å². The molecule has 84 valence electrons. The van der Waals surface area contributed by atoms with E-state index >= 15 is 0 Å². The quantitative estimate of drug-likeness (QED) is 0.616. The topological polar surface area (TPSA) is 96.3 Å². The third-order valence-corrected chi connectivity index (χ3v) is 2.44. The number of hydrogen-bond donors (Lipinski definition) is 3. The van der Waals surface area contributed by atoms with E-state index in [4.69, 9.17) is 5.73 Å². The van der Waals surface area contributed by atoms with Crippen LogP contribution in [-0.4, -0.2) is 25.1 Å². The smallest absolute Gasteiger partial charge is 0.156 e. The lowest BCUT2D eigenvalue weighted by Gasteiger charge is -1.95. The monoisotopic (exact) mass is 226 g/mol. The maximum atomic E-state index is 5.74. The first-order valence-electron chi connectivity index (χ1n) is 5.10. The van der Waals surface area contributed by atoms with Gasteiger partial charge in [0.25, 0.3) is 0 Å². The van der Waals surface area contributed by atoms with Crippen LogP contribution in [0.5, 0.6) is 0 Å². The molecule has 0 saturated carbocycles. The summed E-state index contributed by atoms with van der Waals surface area (Å²) >= 11 is 0. The molecule has 0 aliphatic carbocycles. The molecule has 6 heteroatoms. The van der Waals surface area contributed by atoms with E-state index in [-0.39, 0.29) is 0 Å². The van der Waals surface area contributed by atoms with E-state index in [0.29, 0.717) is 11.6 Å². The van der Waals surface area contributed by atoms with Crippen LogP contribution in [0.25, 0.3) is 22.8 Å². The minimum atomic E-state index is 0.515. The number of H-pyrrole nitrogens is 2. The number of rotatable bonds is 2. The zero-order chi connectivity index (χ0) is 11.7. The van der Waals surface area contributed by atoms with Crippen LogP contribution in [0.4, 0.5) is 5.82 Å². The van der Waals surface area contributed by atoms with Crippen LogP contribution < -0.4 is 5.73 Å². The van der Waals surface area contributed by atoms with Crippen LogP contribution >= 0.6 is 0 Å². The molecule has 3 rings (SSSR count). The molecule has 17 heavy (non-hydrogen) atoms. The van der Waals surface area contributed by atoms with Crippen molar-refractivity contribution < 1.29 is 0 Å². The molecule has 0 bridgehead atoms. The fourth-order valence-corrected chi connectivity index (χ4v) is 1.60. The number of nitrogens with two attached hydrogens (primary N) is 1. The van der Waals surface area contributed by atoms with Gasteiger partial charge < -0.3 is 10.7 Å². The van der Waals surface area contributed by atoms with Crippen molar-refractivity contribution in [3.8, 4) is 22.8 Å². The lowest BCUT2D eigenvalue weighted by Crippen LogP contribution is -1.88. The van der Waals surface area contributed by atoms with Crippen LogP contribution in [-0.2, 0) is 0 Å². The van der Waals surface area contributed by atoms with E-state index in [9.17, 15) is 0 Å². The van der Waals surface area contributed by atoms with E-state index in [1.54, 1.807) is 18.6 Å². The summed E-state index contributed by atoms with van der Waals surface area (Å²) < 4.78 is 0. The molecule has 3 heterocycles. The zero-order valence-electron chi connectivity index (χ0n) is 8.88. The number of pyridine rings is 1. The molecule has 3 aromatic heterocycles. The van der Waals surface area contributed by atoms with Gasteiger partial charge in [-0.3, -0.25) is 10.1 Å². The zero-order valence-corrected chi connectivity index (χ0v) is 8.88. The number of hydrogen-bond acceptors (Lipinski definition) is 4. The van der Waals surface area contributed by atoms with Crippen molar-refractivity contribution in [2.24, 2.45) is 0 Å².